The molecule has 0 radical (unpaired) electrons. The van der Waals surface area contributed by atoms with Crippen LogP contribution in [0.2, 0.25) is 10.2 Å². The number of piperazine rings is 1. The third-order valence-corrected chi connectivity index (χ3v) is 8.62. The van der Waals surface area contributed by atoms with Crippen molar-refractivity contribution in [3.8, 4) is 11.5 Å². The predicted molar refractivity (Wildman–Crippen MR) is 175 cm³/mol. The van der Waals surface area contributed by atoms with E-state index in [-0.39, 0.29) is 5.91 Å². The van der Waals surface area contributed by atoms with Gasteiger partial charge in [0.1, 0.15) is 11.0 Å². The minimum Gasteiger partial charge on any atom is -0.493 e. The molecule has 4 aromatic rings. The van der Waals surface area contributed by atoms with Gasteiger partial charge in [-0.25, -0.2) is 9.97 Å². The highest BCUT2D eigenvalue weighted by Gasteiger charge is 2.21. The van der Waals surface area contributed by atoms with Gasteiger partial charge in [-0.1, -0.05) is 65.3 Å². The molecule has 1 fully saturated rings. The Kier molecular flexibility index (Phi) is 10.5. The maximum Gasteiger partial charge on any atom is 0.251 e. The molecule has 1 amide bonds. The molecule has 0 saturated carbocycles. The summed E-state index contributed by atoms with van der Waals surface area (Å²) in [5, 5.41) is 4.78. The smallest absolute Gasteiger partial charge is 0.251 e. The van der Waals surface area contributed by atoms with Crippen LogP contribution in [0.3, 0.4) is 0 Å². The summed E-state index contributed by atoms with van der Waals surface area (Å²) in [5.74, 6) is 2.71. The van der Waals surface area contributed by atoms with E-state index in [1.807, 2.05) is 66.7 Å². The Labute approximate surface area is 266 Å². The molecule has 0 bridgehead atoms. The van der Waals surface area contributed by atoms with Crippen molar-refractivity contribution >= 4 is 52.4 Å². The van der Waals surface area contributed by atoms with Gasteiger partial charge >= 0.3 is 0 Å². The number of carbonyl (C=O) groups excluding carboxylic acids is 1. The molecule has 8 nitrogen and oxygen atoms in total. The van der Waals surface area contributed by atoms with Crippen molar-refractivity contribution in [2.75, 3.05) is 56.7 Å². The van der Waals surface area contributed by atoms with Crippen molar-refractivity contribution in [1.82, 2.24) is 15.3 Å². The van der Waals surface area contributed by atoms with Crippen LogP contribution in [0, 0.1) is 0 Å². The van der Waals surface area contributed by atoms with Gasteiger partial charge in [-0.2, -0.15) is 0 Å². The maximum atomic E-state index is 12.7. The molecule has 224 valence electrons. The lowest BCUT2D eigenvalue weighted by atomic mass is 10.1. The summed E-state index contributed by atoms with van der Waals surface area (Å²) in [6, 6.07) is 23.1. The van der Waals surface area contributed by atoms with Crippen LogP contribution in [0.5, 0.6) is 11.5 Å². The Morgan fingerprint density at radius 1 is 0.860 bits per heavy atom. The molecule has 11 heteroatoms. The summed E-state index contributed by atoms with van der Waals surface area (Å²) in [6.07, 6.45) is 0.680. The fourth-order valence-electron chi connectivity index (χ4n) is 4.86. The molecule has 1 aliphatic rings. The first-order valence-electron chi connectivity index (χ1n) is 13.9. The number of ether oxygens (including phenoxy) is 2. The second-order valence-corrected chi connectivity index (χ2v) is 11.7. The topological polar surface area (TPSA) is 79.8 Å². The Morgan fingerprint density at radius 3 is 2.28 bits per heavy atom. The molecule has 1 saturated heterocycles. The lowest BCUT2D eigenvalue weighted by molar-refractivity contribution is 0.0954. The number of anilines is 2. The van der Waals surface area contributed by atoms with Crippen LogP contribution in [0.4, 0.5) is 11.5 Å². The van der Waals surface area contributed by atoms with Crippen LogP contribution in [0.1, 0.15) is 21.5 Å². The number of halogens is 2. The van der Waals surface area contributed by atoms with E-state index >= 15 is 0 Å². The second kappa shape index (κ2) is 14.7. The van der Waals surface area contributed by atoms with Crippen LogP contribution in [-0.4, -0.2) is 62.8 Å². The van der Waals surface area contributed by atoms with Gasteiger partial charge in [-0.05, 0) is 53.9 Å². The van der Waals surface area contributed by atoms with Crippen molar-refractivity contribution in [2.45, 2.75) is 17.3 Å². The van der Waals surface area contributed by atoms with Crippen LogP contribution in [-0.2, 0) is 12.2 Å². The molecular formula is C32H33Cl2N5O3S. The van der Waals surface area contributed by atoms with E-state index in [9.17, 15) is 4.79 Å². The van der Waals surface area contributed by atoms with Gasteiger partial charge in [0.25, 0.3) is 5.91 Å². The molecule has 1 aliphatic heterocycles. The van der Waals surface area contributed by atoms with E-state index in [1.54, 1.807) is 14.2 Å². The van der Waals surface area contributed by atoms with E-state index in [1.165, 1.54) is 11.8 Å². The third kappa shape index (κ3) is 8.04. The minimum atomic E-state index is -0.114. The van der Waals surface area contributed by atoms with Crippen LogP contribution in [0.25, 0.3) is 0 Å². The molecule has 0 unspecified atom stereocenters. The van der Waals surface area contributed by atoms with Gasteiger partial charge < -0.3 is 24.6 Å². The Balaban J connectivity index is 1.11. The lowest BCUT2D eigenvalue weighted by Gasteiger charge is -2.37. The van der Waals surface area contributed by atoms with Gasteiger partial charge in [0, 0.05) is 50.1 Å². The molecule has 1 aromatic heterocycles. The van der Waals surface area contributed by atoms with E-state index < -0.39 is 0 Å². The number of para-hydroxylation sites is 1. The number of amides is 1. The highest BCUT2D eigenvalue weighted by atomic mass is 35.5. The number of methoxy groups -OCH3 is 2. The molecule has 0 aliphatic carbocycles. The normalized spacial score (nSPS) is 13.1. The first-order chi connectivity index (χ1) is 20.9. The average Bonchev–Trinajstić information content (AvgIpc) is 3.04. The Bertz CT molecular complexity index is 1550. The van der Waals surface area contributed by atoms with E-state index in [4.69, 9.17) is 37.7 Å². The summed E-state index contributed by atoms with van der Waals surface area (Å²) >= 11 is 14.3. The quantitative estimate of drug-likeness (QED) is 0.115. The van der Waals surface area contributed by atoms with E-state index in [0.717, 1.165) is 53.8 Å². The number of hydrogen-bond acceptors (Lipinski definition) is 8. The Morgan fingerprint density at radius 2 is 1.56 bits per heavy atom. The fraction of sp³-hybridized carbons (Fsp3) is 0.281. The van der Waals surface area contributed by atoms with Gasteiger partial charge in [-0.3, -0.25) is 4.79 Å². The van der Waals surface area contributed by atoms with Crippen molar-refractivity contribution in [2.24, 2.45) is 0 Å². The summed E-state index contributed by atoms with van der Waals surface area (Å²) in [6.45, 7) is 3.80. The van der Waals surface area contributed by atoms with Crippen LogP contribution >= 0.6 is 35.0 Å². The zero-order valence-corrected chi connectivity index (χ0v) is 26.4. The molecule has 3 aromatic carbocycles. The second-order valence-electron chi connectivity index (χ2n) is 9.94. The Hall–Kier alpha value is -3.66. The molecular weight excluding hydrogens is 605 g/mol. The van der Waals surface area contributed by atoms with Crippen LogP contribution < -0.4 is 24.6 Å². The van der Waals surface area contributed by atoms with Gasteiger partial charge in [0.2, 0.25) is 0 Å². The maximum absolute atomic E-state index is 12.7. The van der Waals surface area contributed by atoms with Gasteiger partial charge in [0.15, 0.2) is 16.7 Å². The van der Waals surface area contributed by atoms with Gasteiger partial charge in [-0.15, -0.1) is 0 Å². The average molecular weight is 639 g/mol. The number of nitrogens with one attached hydrogen (secondary N) is 1. The van der Waals surface area contributed by atoms with Crippen molar-refractivity contribution in [1.29, 1.82) is 0 Å². The molecule has 0 atom stereocenters. The standard InChI is InChI=1S/C32H33Cl2N5O3S/c1-41-27-12-9-22(19-28(27)42-2)13-14-35-31(40)24-10-7-23(8-11-24)21-43-32-36-29(34)20-30(37-32)39-17-15-38(16-18-39)26-6-4-3-5-25(26)33/h3-12,19-20H,13-18,21H2,1-2H3,(H,35,40). The lowest BCUT2D eigenvalue weighted by Crippen LogP contribution is -2.47. The fourth-order valence-corrected chi connectivity index (χ4v) is 6.15. The predicted octanol–water partition coefficient (Wildman–Crippen LogP) is 6.39. The number of carbonyl (C=O) groups is 1. The number of nitrogens with zero attached hydrogens (tertiary/aromatic N) is 4. The number of aromatic nitrogens is 2. The summed E-state index contributed by atoms with van der Waals surface area (Å²) < 4.78 is 10.6. The van der Waals surface area contributed by atoms with E-state index in [2.05, 4.69) is 26.2 Å². The summed E-state index contributed by atoms with van der Waals surface area (Å²) in [5.41, 5.74) is 3.78. The van der Waals surface area contributed by atoms with Crippen molar-refractivity contribution in [3.05, 3.63) is 99.7 Å². The number of thioether (sulfide) groups is 1. The monoisotopic (exact) mass is 637 g/mol. The first-order valence-corrected chi connectivity index (χ1v) is 15.7. The third-order valence-electron chi connectivity index (χ3n) is 7.19. The van der Waals surface area contributed by atoms with Crippen molar-refractivity contribution in [3.63, 3.8) is 0 Å². The van der Waals surface area contributed by atoms with Crippen molar-refractivity contribution < 1.29 is 14.3 Å². The minimum absolute atomic E-state index is 0.114. The number of rotatable bonds is 11. The summed E-state index contributed by atoms with van der Waals surface area (Å²) in [7, 11) is 3.22. The number of benzene rings is 3. The highest BCUT2D eigenvalue weighted by molar-refractivity contribution is 7.98. The molecule has 5 rings (SSSR count). The first kappa shape index (κ1) is 30.8. The van der Waals surface area contributed by atoms with Crippen LogP contribution in [0.15, 0.2) is 78.0 Å². The largest absolute Gasteiger partial charge is 0.493 e. The molecule has 1 N–H and O–H groups in total. The zero-order chi connectivity index (χ0) is 30.2. The zero-order valence-electron chi connectivity index (χ0n) is 24.1. The highest BCUT2D eigenvalue weighted by Crippen LogP contribution is 2.29. The van der Waals surface area contributed by atoms with Gasteiger partial charge in [0.05, 0.1) is 24.9 Å². The molecule has 2 heterocycles. The van der Waals surface area contributed by atoms with E-state index in [0.29, 0.717) is 46.1 Å². The summed E-state index contributed by atoms with van der Waals surface area (Å²) in [4.78, 5) is 26.4. The SMILES string of the molecule is COc1ccc(CCNC(=O)c2ccc(CSc3nc(Cl)cc(N4CCN(c5ccccc5Cl)CC4)n3)cc2)cc1OC. The number of hydrogen-bond donors (Lipinski definition) is 1. The molecule has 43 heavy (non-hydrogen) atoms. The molecule has 0 spiro atoms.